The van der Waals surface area contributed by atoms with Crippen molar-refractivity contribution < 1.29 is 13.2 Å². The zero-order valence-electron chi connectivity index (χ0n) is 8.51. The lowest BCUT2D eigenvalue weighted by molar-refractivity contribution is -0.138. The van der Waals surface area contributed by atoms with Crippen LogP contribution >= 0.6 is 11.3 Å². The first-order valence-electron chi connectivity index (χ1n) is 4.60. The van der Waals surface area contributed by atoms with Gasteiger partial charge in [-0.25, -0.2) is 0 Å². The van der Waals surface area contributed by atoms with Gasteiger partial charge in [0.05, 0.1) is 6.04 Å². The van der Waals surface area contributed by atoms with E-state index < -0.39 is 11.2 Å². The highest BCUT2D eigenvalue weighted by Crippen LogP contribution is 2.33. The average molecular weight is 249 g/mol. The summed E-state index contributed by atoms with van der Waals surface area (Å²) in [7, 11) is 0. The number of terminal acetylenes is 1. The first-order chi connectivity index (χ1) is 7.47. The smallest absolute Gasteiger partial charge is 0.346 e. The zero-order chi connectivity index (χ0) is 12.2. The molecule has 0 bridgehead atoms. The van der Waals surface area contributed by atoms with Gasteiger partial charge in [0.25, 0.3) is 0 Å². The van der Waals surface area contributed by atoms with Crippen LogP contribution < -0.4 is 5.32 Å². The summed E-state index contributed by atoms with van der Waals surface area (Å²) in [5.41, 5.74) is 0. The van der Waals surface area contributed by atoms with Gasteiger partial charge in [-0.1, -0.05) is 30.6 Å². The Morgan fingerprint density at radius 3 is 2.62 bits per heavy atom. The van der Waals surface area contributed by atoms with Crippen LogP contribution in [-0.4, -0.2) is 16.2 Å². The van der Waals surface area contributed by atoms with Crippen molar-refractivity contribution in [3.05, 3.63) is 5.01 Å². The van der Waals surface area contributed by atoms with Crippen LogP contribution in [0.25, 0.3) is 0 Å². The molecule has 0 radical (unpaired) electrons. The maximum Gasteiger partial charge on any atom is 0.445 e. The van der Waals surface area contributed by atoms with Crippen LogP contribution in [-0.2, 0) is 6.18 Å². The number of nitrogens with one attached hydrogen (secondary N) is 1. The molecule has 0 fully saturated rings. The summed E-state index contributed by atoms with van der Waals surface area (Å²) in [6.07, 6.45) is 2.29. The van der Waals surface area contributed by atoms with E-state index in [1.165, 1.54) is 0 Å². The van der Waals surface area contributed by atoms with Crippen LogP contribution in [0, 0.1) is 12.3 Å². The minimum Gasteiger partial charge on any atom is -0.346 e. The van der Waals surface area contributed by atoms with Gasteiger partial charge < -0.3 is 5.32 Å². The van der Waals surface area contributed by atoms with Crippen LogP contribution in [0.1, 0.15) is 24.8 Å². The standard InChI is InChI=1S/C9H10F3N3S/c1-3-5-6(4-2)13-8-15-14-7(16-8)9(10,11)12/h2,6H,3,5H2,1H3,(H,13,15). The van der Waals surface area contributed by atoms with Crippen molar-refractivity contribution in [2.24, 2.45) is 0 Å². The fourth-order valence-electron chi connectivity index (χ4n) is 1.03. The normalized spacial score (nSPS) is 13.2. The van der Waals surface area contributed by atoms with E-state index >= 15 is 0 Å². The zero-order valence-corrected chi connectivity index (χ0v) is 9.32. The van der Waals surface area contributed by atoms with Crippen molar-refractivity contribution >= 4 is 16.5 Å². The Labute approximate surface area is 95.1 Å². The van der Waals surface area contributed by atoms with Gasteiger partial charge in [-0.3, -0.25) is 0 Å². The minimum atomic E-state index is -4.45. The van der Waals surface area contributed by atoms with Crippen LogP contribution in [0.4, 0.5) is 18.3 Å². The van der Waals surface area contributed by atoms with Gasteiger partial charge in [0.15, 0.2) is 0 Å². The minimum absolute atomic E-state index is 0.101. The Kier molecular flexibility index (Phi) is 4.12. The van der Waals surface area contributed by atoms with Crippen LogP contribution in [0.5, 0.6) is 0 Å². The molecule has 1 atom stereocenters. The summed E-state index contributed by atoms with van der Waals surface area (Å²) < 4.78 is 36.6. The Morgan fingerprint density at radius 2 is 2.19 bits per heavy atom. The molecule has 1 heterocycles. The van der Waals surface area contributed by atoms with Gasteiger partial charge in [0, 0.05) is 0 Å². The number of anilines is 1. The second-order valence-electron chi connectivity index (χ2n) is 3.06. The fraction of sp³-hybridized carbons (Fsp3) is 0.556. The fourth-order valence-corrected chi connectivity index (χ4v) is 1.69. The van der Waals surface area contributed by atoms with Crippen molar-refractivity contribution in [1.82, 2.24) is 10.2 Å². The van der Waals surface area contributed by atoms with E-state index in [1.807, 2.05) is 6.92 Å². The predicted octanol–water partition coefficient (Wildman–Crippen LogP) is 2.77. The highest BCUT2D eigenvalue weighted by atomic mass is 32.1. The molecule has 1 N–H and O–H groups in total. The highest BCUT2D eigenvalue weighted by Gasteiger charge is 2.35. The van der Waals surface area contributed by atoms with Crippen LogP contribution in [0.2, 0.25) is 0 Å². The van der Waals surface area contributed by atoms with Crippen molar-refractivity contribution in [3.63, 3.8) is 0 Å². The van der Waals surface area contributed by atoms with E-state index in [0.717, 1.165) is 6.42 Å². The van der Waals surface area contributed by atoms with Crippen LogP contribution in [0.15, 0.2) is 0 Å². The van der Waals surface area contributed by atoms with Crippen molar-refractivity contribution in [1.29, 1.82) is 0 Å². The molecule has 1 unspecified atom stereocenters. The van der Waals surface area contributed by atoms with E-state index in [4.69, 9.17) is 6.42 Å². The van der Waals surface area contributed by atoms with E-state index in [0.29, 0.717) is 17.8 Å². The lowest BCUT2D eigenvalue weighted by atomic mass is 10.2. The number of nitrogens with zero attached hydrogens (tertiary/aromatic N) is 2. The van der Waals surface area contributed by atoms with Gasteiger partial charge >= 0.3 is 6.18 Å². The van der Waals surface area contributed by atoms with Gasteiger partial charge in [0.1, 0.15) is 0 Å². The van der Waals surface area contributed by atoms with Crippen molar-refractivity contribution in [2.45, 2.75) is 32.0 Å². The molecule has 0 saturated heterocycles. The maximum absolute atomic E-state index is 12.2. The molecule has 88 valence electrons. The third kappa shape index (κ3) is 3.38. The van der Waals surface area contributed by atoms with Gasteiger partial charge in [-0.15, -0.1) is 16.6 Å². The number of aromatic nitrogens is 2. The van der Waals surface area contributed by atoms with Gasteiger partial charge in [-0.2, -0.15) is 13.2 Å². The molecule has 0 aromatic carbocycles. The molecule has 7 heteroatoms. The van der Waals surface area contributed by atoms with Gasteiger partial charge in [-0.05, 0) is 6.42 Å². The molecule has 0 amide bonds. The first kappa shape index (κ1) is 12.8. The Morgan fingerprint density at radius 1 is 1.50 bits per heavy atom. The molecule has 0 spiro atoms. The monoisotopic (exact) mass is 249 g/mol. The number of rotatable bonds is 4. The molecular weight excluding hydrogens is 239 g/mol. The third-order valence-electron chi connectivity index (χ3n) is 1.74. The maximum atomic E-state index is 12.2. The Balaban J connectivity index is 2.69. The first-order valence-corrected chi connectivity index (χ1v) is 5.42. The molecule has 1 aromatic rings. The third-order valence-corrected chi connectivity index (χ3v) is 2.64. The molecule has 0 saturated carbocycles. The summed E-state index contributed by atoms with van der Waals surface area (Å²) in [5, 5.41) is 8.30. The highest BCUT2D eigenvalue weighted by molar-refractivity contribution is 7.15. The van der Waals surface area contributed by atoms with E-state index in [2.05, 4.69) is 21.4 Å². The Bertz CT molecular complexity index is 380. The van der Waals surface area contributed by atoms with Crippen molar-refractivity contribution in [2.75, 3.05) is 5.32 Å². The van der Waals surface area contributed by atoms with Gasteiger partial charge in [0.2, 0.25) is 10.1 Å². The number of alkyl halides is 3. The Hall–Kier alpha value is -1.29. The molecule has 1 rings (SSSR count). The van der Waals surface area contributed by atoms with E-state index in [9.17, 15) is 13.2 Å². The molecule has 1 aromatic heterocycles. The summed E-state index contributed by atoms with van der Waals surface area (Å²) in [4.78, 5) is 0. The predicted molar refractivity (Wildman–Crippen MR) is 56.1 cm³/mol. The van der Waals surface area contributed by atoms with E-state index in [1.54, 1.807) is 0 Å². The summed E-state index contributed by atoms with van der Waals surface area (Å²) in [5.74, 6) is 2.45. The lowest BCUT2D eigenvalue weighted by Gasteiger charge is -2.09. The second-order valence-corrected chi connectivity index (χ2v) is 4.04. The molecule has 0 aliphatic rings. The lowest BCUT2D eigenvalue weighted by Crippen LogP contribution is -2.16. The SMILES string of the molecule is C#CC(CCC)Nc1nnc(C(F)(F)F)s1. The summed E-state index contributed by atoms with van der Waals surface area (Å²) in [6.45, 7) is 1.94. The number of hydrogen-bond donors (Lipinski definition) is 1. The molecular formula is C9H10F3N3S. The van der Waals surface area contributed by atoms with Crippen LogP contribution in [0.3, 0.4) is 0 Å². The topological polar surface area (TPSA) is 37.8 Å². The average Bonchev–Trinajstić information content (AvgIpc) is 2.65. The molecule has 0 aliphatic heterocycles. The number of hydrogen-bond acceptors (Lipinski definition) is 4. The molecule has 3 nitrogen and oxygen atoms in total. The largest absolute Gasteiger partial charge is 0.445 e. The quantitative estimate of drug-likeness (QED) is 0.834. The van der Waals surface area contributed by atoms with E-state index in [-0.39, 0.29) is 11.2 Å². The summed E-state index contributed by atoms with van der Waals surface area (Å²) in [6, 6.07) is -0.306. The second kappa shape index (κ2) is 5.16. The number of halogens is 3. The molecule has 16 heavy (non-hydrogen) atoms. The molecule has 0 aliphatic carbocycles. The van der Waals surface area contributed by atoms with Crippen molar-refractivity contribution in [3.8, 4) is 12.3 Å². The summed E-state index contributed by atoms with van der Waals surface area (Å²) >= 11 is 0.455.